The first-order valence-electron chi connectivity index (χ1n) is 8.67. The van der Waals surface area contributed by atoms with E-state index >= 15 is 0 Å². The highest BCUT2D eigenvalue weighted by molar-refractivity contribution is 7.98. The summed E-state index contributed by atoms with van der Waals surface area (Å²) >= 11 is 1.62. The number of hydrogen-bond acceptors (Lipinski definition) is 4. The van der Waals surface area contributed by atoms with Gasteiger partial charge in [0.15, 0.2) is 22.5 Å². The van der Waals surface area contributed by atoms with E-state index in [-0.39, 0.29) is 12.4 Å². The van der Waals surface area contributed by atoms with Crippen LogP contribution in [0, 0.1) is 19.7 Å². The van der Waals surface area contributed by atoms with Gasteiger partial charge in [-0.3, -0.25) is 4.57 Å². The van der Waals surface area contributed by atoms with Gasteiger partial charge >= 0.3 is 0 Å². The van der Waals surface area contributed by atoms with Crippen molar-refractivity contribution < 1.29 is 9.13 Å². The first-order valence-corrected chi connectivity index (χ1v) is 9.66. The monoisotopic (exact) mass is 383 g/mol. The van der Waals surface area contributed by atoms with Crippen molar-refractivity contribution in [3.8, 4) is 5.75 Å². The van der Waals surface area contributed by atoms with Gasteiger partial charge in [-0.1, -0.05) is 53.7 Å². The van der Waals surface area contributed by atoms with Gasteiger partial charge in [0.25, 0.3) is 0 Å². The zero-order valence-corrected chi connectivity index (χ0v) is 16.3. The van der Waals surface area contributed by atoms with Crippen molar-refractivity contribution in [1.82, 2.24) is 14.8 Å². The minimum Gasteiger partial charge on any atom is -0.483 e. The van der Waals surface area contributed by atoms with E-state index in [4.69, 9.17) is 4.74 Å². The van der Waals surface area contributed by atoms with Crippen molar-refractivity contribution in [3.63, 3.8) is 0 Å². The lowest BCUT2D eigenvalue weighted by atomic mass is 10.1. The fourth-order valence-corrected chi connectivity index (χ4v) is 3.68. The number of rotatable bonds is 8. The Kier molecular flexibility index (Phi) is 6.29. The molecule has 0 amide bonds. The quantitative estimate of drug-likeness (QED) is 0.401. The van der Waals surface area contributed by atoms with Crippen LogP contribution in [0.3, 0.4) is 0 Å². The highest BCUT2D eigenvalue weighted by atomic mass is 32.2. The van der Waals surface area contributed by atoms with E-state index < -0.39 is 5.82 Å². The molecular formula is C21H22FN3OS. The van der Waals surface area contributed by atoms with Gasteiger partial charge in [-0.25, -0.2) is 4.39 Å². The Morgan fingerprint density at radius 3 is 2.78 bits per heavy atom. The zero-order valence-electron chi connectivity index (χ0n) is 15.5. The Morgan fingerprint density at radius 1 is 1.19 bits per heavy atom. The maximum absolute atomic E-state index is 13.7. The standard InChI is InChI=1S/C21H22FN3OS/c1-4-11-25-20(13-26-19-8-6-5-7-18(19)22)23-24-21(25)27-14-17-12-15(2)9-10-16(17)3/h4-10,12H,1,11,13-14H2,2-3H3. The summed E-state index contributed by atoms with van der Waals surface area (Å²) in [7, 11) is 0. The summed E-state index contributed by atoms with van der Waals surface area (Å²) in [6, 6.07) is 12.8. The number of aromatic nitrogens is 3. The van der Waals surface area contributed by atoms with Crippen LogP contribution in [-0.2, 0) is 18.9 Å². The summed E-state index contributed by atoms with van der Waals surface area (Å²) in [6.07, 6.45) is 1.79. The molecule has 0 aliphatic rings. The smallest absolute Gasteiger partial charge is 0.191 e. The van der Waals surface area contributed by atoms with Crippen LogP contribution in [0.1, 0.15) is 22.5 Å². The van der Waals surface area contributed by atoms with Crippen LogP contribution in [0.5, 0.6) is 5.75 Å². The van der Waals surface area contributed by atoms with Gasteiger partial charge < -0.3 is 4.74 Å². The van der Waals surface area contributed by atoms with Gasteiger partial charge in [-0.15, -0.1) is 16.8 Å². The van der Waals surface area contributed by atoms with Crippen molar-refractivity contribution in [2.45, 2.75) is 37.9 Å². The molecule has 0 radical (unpaired) electrons. The molecule has 0 aliphatic heterocycles. The maximum Gasteiger partial charge on any atom is 0.191 e. The lowest BCUT2D eigenvalue weighted by molar-refractivity contribution is 0.275. The molecule has 0 aliphatic carbocycles. The minimum absolute atomic E-state index is 0.145. The summed E-state index contributed by atoms with van der Waals surface area (Å²) in [4.78, 5) is 0. The van der Waals surface area contributed by atoms with Gasteiger partial charge in [-0.05, 0) is 37.1 Å². The second-order valence-corrected chi connectivity index (χ2v) is 7.18. The third kappa shape index (κ3) is 4.77. The first kappa shape index (κ1) is 19.2. The number of hydrogen-bond donors (Lipinski definition) is 0. The third-order valence-corrected chi connectivity index (χ3v) is 5.18. The number of thioether (sulfide) groups is 1. The average Bonchev–Trinajstić information content (AvgIpc) is 3.04. The van der Waals surface area contributed by atoms with Crippen molar-refractivity contribution >= 4 is 11.8 Å². The molecule has 2 aromatic carbocycles. The summed E-state index contributed by atoms with van der Waals surface area (Å²) in [5.74, 6) is 1.26. The number of ether oxygens (including phenoxy) is 1. The lowest BCUT2D eigenvalue weighted by Gasteiger charge is -2.10. The molecule has 0 spiro atoms. The van der Waals surface area contributed by atoms with E-state index in [1.54, 1.807) is 36.0 Å². The van der Waals surface area contributed by atoms with E-state index in [9.17, 15) is 4.39 Å². The topological polar surface area (TPSA) is 39.9 Å². The molecule has 6 heteroatoms. The highest BCUT2D eigenvalue weighted by Crippen LogP contribution is 2.25. The molecule has 0 atom stereocenters. The number of allylic oxidation sites excluding steroid dienone is 1. The van der Waals surface area contributed by atoms with Crippen molar-refractivity contribution in [2.75, 3.05) is 0 Å². The molecule has 0 saturated heterocycles. The van der Waals surface area contributed by atoms with Crippen molar-refractivity contribution in [3.05, 3.63) is 83.5 Å². The number of benzene rings is 2. The molecular weight excluding hydrogens is 361 g/mol. The molecule has 0 N–H and O–H groups in total. The van der Waals surface area contributed by atoms with Crippen LogP contribution in [0.4, 0.5) is 4.39 Å². The zero-order chi connectivity index (χ0) is 19.2. The van der Waals surface area contributed by atoms with Crippen molar-refractivity contribution in [1.29, 1.82) is 0 Å². The highest BCUT2D eigenvalue weighted by Gasteiger charge is 2.14. The molecule has 27 heavy (non-hydrogen) atoms. The number of para-hydroxylation sites is 1. The Balaban J connectivity index is 1.73. The number of halogens is 1. The normalized spacial score (nSPS) is 10.8. The maximum atomic E-state index is 13.7. The molecule has 0 saturated carbocycles. The lowest BCUT2D eigenvalue weighted by Crippen LogP contribution is -2.08. The van der Waals surface area contributed by atoms with Gasteiger partial charge in [0, 0.05) is 12.3 Å². The van der Waals surface area contributed by atoms with Crippen LogP contribution in [0.25, 0.3) is 0 Å². The number of aryl methyl sites for hydroxylation is 2. The van der Waals surface area contributed by atoms with E-state index in [1.807, 2.05) is 4.57 Å². The molecule has 0 bridgehead atoms. The molecule has 3 rings (SSSR count). The summed E-state index contributed by atoms with van der Waals surface area (Å²) in [6.45, 7) is 8.72. The second kappa shape index (κ2) is 8.86. The van der Waals surface area contributed by atoms with Gasteiger partial charge in [0.2, 0.25) is 0 Å². The SMILES string of the molecule is C=CCn1c(COc2ccccc2F)nnc1SCc1cc(C)ccc1C. The molecule has 140 valence electrons. The number of nitrogens with zero attached hydrogens (tertiary/aromatic N) is 3. The van der Waals surface area contributed by atoms with Gasteiger partial charge in [0.1, 0.15) is 6.61 Å². The van der Waals surface area contributed by atoms with E-state index in [1.165, 1.54) is 22.8 Å². The van der Waals surface area contributed by atoms with E-state index in [0.29, 0.717) is 12.4 Å². The molecule has 4 nitrogen and oxygen atoms in total. The fraction of sp³-hybridized carbons (Fsp3) is 0.238. The Labute approximate surface area is 163 Å². The molecule has 3 aromatic rings. The third-order valence-electron chi connectivity index (χ3n) is 4.16. The largest absolute Gasteiger partial charge is 0.483 e. The predicted molar refractivity (Wildman–Crippen MR) is 106 cm³/mol. The second-order valence-electron chi connectivity index (χ2n) is 6.24. The van der Waals surface area contributed by atoms with Crippen LogP contribution in [0.15, 0.2) is 60.3 Å². The first-order chi connectivity index (χ1) is 13.1. The van der Waals surface area contributed by atoms with Gasteiger partial charge in [0.05, 0.1) is 0 Å². The van der Waals surface area contributed by atoms with Gasteiger partial charge in [-0.2, -0.15) is 0 Å². The Hall–Kier alpha value is -2.60. The fourth-order valence-electron chi connectivity index (χ4n) is 2.65. The molecule has 1 heterocycles. The minimum atomic E-state index is -0.392. The van der Waals surface area contributed by atoms with E-state index in [0.717, 1.165) is 10.9 Å². The molecule has 0 fully saturated rings. The summed E-state index contributed by atoms with van der Waals surface area (Å²) in [5, 5.41) is 9.31. The van der Waals surface area contributed by atoms with Crippen LogP contribution in [-0.4, -0.2) is 14.8 Å². The molecule has 0 unspecified atom stereocenters. The van der Waals surface area contributed by atoms with E-state index in [2.05, 4.69) is 48.8 Å². The molecule has 1 aromatic heterocycles. The Morgan fingerprint density at radius 2 is 2.00 bits per heavy atom. The van der Waals surface area contributed by atoms with Crippen molar-refractivity contribution in [2.24, 2.45) is 0 Å². The predicted octanol–water partition coefficient (Wildman–Crippen LogP) is 5.09. The Bertz CT molecular complexity index is 939. The van der Waals surface area contributed by atoms with Crippen LogP contribution >= 0.6 is 11.8 Å². The summed E-state index contributed by atoms with van der Waals surface area (Å²) < 4.78 is 21.3. The van der Waals surface area contributed by atoms with Crippen LogP contribution < -0.4 is 4.74 Å². The summed E-state index contributed by atoms with van der Waals surface area (Å²) in [5.41, 5.74) is 3.77. The van der Waals surface area contributed by atoms with Crippen LogP contribution in [0.2, 0.25) is 0 Å². The average molecular weight is 383 g/mol.